The number of ketones is 1. The molecule has 1 N–H and O–H groups in total. The van der Waals surface area contributed by atoms with Crippen LogP contribution in [0.25, 0.3) is 0 Å². The van der Waals surface area contributed by atoms with E-state index >= 15 is 0 Å². The lowest BCUT2D eigenvalue weighted by Gasteiger charge is -2.12. The molecule has 0 fully saturated rings. The Labute approximate surface area is 93.8 Å². The van der Waals surface area contributed by atoms with Gasteiger partial charge in [-0.1, -0.05) is 0 Å². The lowest BCUT2D eigenvalue weighted by molar-refractivity contribution is -0.111. The molecule has 86 valence electrons. The third kappa shape index (κ3) is 3.34. The summed E-state index contributed by atoms with van der Waals surface area (Å²) in [5.74, 6) is -0.141. The van der Waals surface area contributed by atoms with Crippen molar-refractivity contribution in [3.63, 3.8) is 0 Å². The number of hydrogen-bond donors (Lipinski definition) is 1. The van der Waals surface area contributed by atoms with E-state index in [0.717, 1.165) is 0 Å². The van der Waals surface area contributed by atoms with Crippen molar-refractivity contribution in [1.29, 1.82) is 0 Å². The van der Waals surface area contributed by atoms with Gasteiger partial charge in [0, 0.05) is 21.0 Å². The van der Waals surface area contributed by atoms with Crippen molar-refractivity contribution < 1.29 is 9.18 Å². The molecular weight excluding hydrogens is 209 g/mol. The van der Waals surface area contributed by atoms with Gasteiger partial charge in [-0.3, -0.25) is 10.2 Å². The number of amidine groups is 1. The highest BCUT2D eigenvalue weighted by molar-refractivity contribution is 6.37. The van der Waals surface area contributed by atoms with Crippen molar-refractivity contribution >= 4 is 17.3 Å². The van der Waals surface area contributed by atoms with Gasteiger partial charge in [-0.2, -0.15) is 5.10 Å². The van der Waals surface area contributed by atoms with E-state index in [1.807, 2.05) is 0 Å². The molecule has 0 saturated carbocycles. The summed E-state index contributed by atoms with van der Waals surface area (Å²) in [6.45, 7) is 1.44. The molecule has 0 spiro atoms. The standard InChI is InChI=1S/C11H14FN3O/c1-8(16)11(15(2)3)14-13-10-6-4-9(12)5-7-10/h4-7,13H,1-3H3/b14-11+. The van der Waals surface area contributed by atoms with Crippen molar-refractivity contribution in [3.05, 3.63) is 30.1 Å². The minimum Gasteiger partial charge on any atom is -0.358 e. The average Bonchev–Trinajstić information content (AvgIpc) is 2.20. The summed E-state index contributed by atoms with van der Waals surface area (Å²) < 4.78 is 12.6. The number of benzene rings is 1. The first-order valence-electron chi connectivity index (χ1n) is 4.78. The highest BCUT2D eigenvalue weighted by Gasteiger charge is 2.07. The monoisotopic (exact) mass is 223 g/mol. The number of anilines is 1. The van der Waals surface area contributed by atoms with Crippen LogP contribution in [0.4, 0.5) is 10.1 Å². The van der Waals surface area contributed by atoms with Crippen LogP contribution < -0.4 is 5.43 Å². The smallest absolute Gasteiger partial charge is 0.196 e. The molecule has 0 aliphatic heterocycles. The largest absolute Gasteiger partial charge is 0.358 e. The van der Waals surface area contributed by atoms with E-state index in [1.165, 1.54) is 19.1 Å². The summed E-state index contributed by atoms with van der Waals surface area (Å²) in [6.07, 6.45) is 0. The molecule has 0 aromatic heterocycles. The Balaban J connectivity index is 2.77. The normalized spacial score (nSPS) is 11.1. The van der Waals surface area contributed by atoms with Crippen LogP contribution in [-0.4, -0.2) is 30.6 Å². The second-order valence-electron chi connectivity index (χ2n) is 3.50. The van der Waals surface area contributed by atoms with Gasteiger partial charge in [0.05, 0.1) is 5.69 Å². The Morgan fingerprint density at radius 1 is 1.31 bits per heavy atom. The number of rotatable bonds is 3. The summed E-state index contributed by atoms with van der Waals surface area (Å²) in [4.78, 5) is 12.8. The molecule has 0 amide bonds. The third-order valence-electron chi connectivity index (χ3n) is 1.87. The van der Waals surface area contributed by atoms with Gasteiger partial charge in [0.15, 0.2) is 11.6 Å². The molecule has 1 rings (SSSR count). The molecule has 4 nitrogen and oxygen atoms in total. The van der Waals surface area contributed by atoms with Crippen LogP contribution in [0.5, 0.6) is 0 Å². The van der Waals surface area contributed by atoms with E-state index < -0.39 is 0 Å². The van der Waals surface area contributed by atoms with Gasteiger partial charge in [0.1, 0.15) is 5.82 Å². The summed E-state index contributed by atoms with van der Waals surface area (Å²) >= 11 is 0. The zero-order valence-electron chi connectivity index (χ0n) is 9.49. The molecule has 0 unspecified atom stereocenters. The van der Waals surface area contributed by atoms with Crippen molar-refractivity contribution in [2.75, 3.05) is 19.5 Å². The van der Waals surface area contributed by atoms with E-state index in [9.17, 15) is 9.18 Å². The first kappa shape index (κ1) is 12.2. The quantitative estimate of drug-likeness (QED) is 0.482. The number of Topliss-reactive ketones (excluding diaryl/α,β-unsaturated/α-hetero) is 1. The summed E-state index contributed by atoms with van der Waals surface area (Å²) in [5, 5.41) is 3.94. The van der Waals surface area contributed by atoms with E-state index in [1.54, 1.807) is 31.1 Å². The van der Waals surface area contributed by atoms with Gasteiger partial charge in [-0.25, -0.2) is 4.39 Å². The molecule has 0 aliphatic carbocycles. The summed E-state index contributed by atoms with van der Waals surface area (Å²) in [6, 6.07) is 5.74. The Bertz CT molecular complexity index is 398. The second kappa shape index (κ2) is 5.25. The van der Waals surface area contributed by atoms with Crippen molar-refractivity contribution in [2.45, 2.75) is 6.92 Å². The molecule has 1 aromatic carbocycles. The van der Waals surface area contributed by atoms with Crippen LogP contribution in [0.2, 0.25) is 0 Å². The Morgan fingerprint density at radius 2 is 1.88 bits per heavy atom. The van der Waals surface area contributed by atoms with E-state index in [0.29, 0.717) is 11.5 Å². The first-order valence-corrected chi connectivity index (χ1v) is 4.78. The molecule has 16 heavy (non-hydrogen) atoms. The third-order valence-corrected chi connectivity index (χ3v) is 1.87. The number of hydrazone groups is 1. The number of carbonyl (C=O) groups excluding carboxylic acids is 1. The number of likely N-dealkylation sites (N-methyl/N-ethyl adjacent to an activating group) is 1. The number of nitrogens with one attached hydrogen (secondary N) is 1. The lowest BCUT2D eigenvalue weighted by atomic mass is 10.3. The fourth-order valence-corrected chi connectivity index (χ4v) is 1.14. The number of hydrogen-bond acceptors (Lipinski definition) is 3. The van der Waals surface area contributed by atoms with Crippen molar-refractivity contribution in [3.8, 4) is 0 Å². The Morgan fingerprint density at radius 3 is 2.31 bits per heavy atom. The molecule has 1 aromatic rings. The SMILES string of the molecule is CC(=O)/C(=N\Nc1ccc(F)cc1)N(C)C. The van der Waals surface area contributed by atoms with Crippen molar-refractivity contribution in [2.24, 2.45) is 5.10 Å². The van der Waals surface area contributed by atoms with E-state index in [-0.39, 0.29) is 11.6 Å². The topological polar surface area (TPSA) is 44.7 Å². The zero-order chi connectivity index (χ0) is 12.1. The maximum atomic E-state index is 12.6. The molecule has 0 bridgehead atoms. The predicted octanol–water partition coefficient (Wildman–Crippen LogP) is 1.70. The van der Waals surface area contributed by atoms with Gasteiger partial charge in [-0.05, 0) is 24.3 Å². The Hall–Kier alpha value is -1.91. The maximum absolute atomic E-state index is 12.6. The van der Waals surface area contributed by atoms with E-state index in [2.05, 4.69) is 10.5 Å². The molecule has 0 radical (unpaired) electrons. The molecule has 0 heterocycles. The predicted molar refractivity (Wildman–Crippen MR) is 61.8 cm³/mol. The minimum absolute atomic E-state index is 0.139. The first-order chi connectivity index (χ1) is 7.50. The lowest BCUT2D eigenvalue weighted by Crippen LogP contribution is -2.29. The minimum atomic E-state index is -0.311. The fourth-order valence-electron chi connectivity index (χ4n) is 1.14. The molecule has 0 atom stereocenters. The van der Waals surface area contributed by atoms with Crippen molar-refractivity contribution in [1.82, 2.24) is 4.90 Å². The van der Waals surface area contributed by atoms with Crippen LogP contribution in [-0.2, 0) is 4.79 Å². The molecular formula is C11H14FN3O. The maximum Gasteiger partial charge on any atom is 0.196 e. The Kier molecular flexibility index (Phi) is 3.99. The van der Waals surface area contributed by atoms with Crippen LogP contribution in [0.3, 0.4) is 0 Å². The van der Waals surface area contributed by atoms with Gasteiger partial charge >= 0.3 is 0 Å². The number of nitrogens with zero attached hydrogens (tertiary/aromatic N) is 2. The van der Waals surface area contributed by atoms with Crippen LogP contribution in [0.1, 0.15) is 6.92 Å². The molecule has 0 saturated heterocycles. The van der Waals surface area contributed by atoms with Gasteiger partial charge in [0.25, 0.3) is 0 Å². The van der Waals surface area contributed by atoms with Crippen LogP contribution in [0, 0.1) is 5.82 Å². The summed E-state index contributed by atoms with van der Waals surface area (Å²) in [7, 11) is 3.46. The second-order valence-corrected chi connectivity index (χ2v) is 3.50. The molecule has 5 heteroatoms. The number of halogens is 1. The fraction of sp³-hybridized carbons (Fsp3) is 0.273. The number of carbonyl (C=O) groups is 1. The van der Waals surface area contributed by atoms with Crippen LogP contribution >= 0.6 is 0 Å². The highest BCUT2D eigenvalue weighted by Crippen LogP contribution is 2.08. The van der Waals surface area contributed by atoms with Crippen LogP contribution in [0.15, 0.2) is 29.4 Å². The zero-order valence-corrected chi connectivity index (χ0v) is 9.49. The van der Waals surface area contributed by atoms with Gasteiger partial charge < -0.3 is 4.90 Å². The summed E-state index contributed by atoms with van der Waals surface area (Å²) in [5.41, 5.74) is 3.32. The van der Waals surface area contributed by atoms with E-state index in [4.69, 9.17) is 0 Å². The van der Waals surface area contributed by atoms with Gasteiger partial charge in [0.2, 0.25) is 0 Å². The molecule has 0 aliphatic rings. The highest BCUT2D eigenvalue weighted by atomic mass is 19.1. The van der Waals surface area contributed by atoms with Gasteiger partial charge in [-0.15, -0.1) is 0 Å². The average molecular weight is 223 g/mol.